The van der Waals surface area contributed by atoms with Gasteiger partial charge in [-0.15, -0.1) is 0 Å². The fraction of sp³-hybridized carbons (Fsp3) is 0.368. The van der Waals surface area contributed by atoms with Gasteiger partial charge in [-0.1, -0.05) is 18.2 Å². The van der Waals surface area contributed by atoms with Crippen molar-refractivity contribution in [3.63, 3.8) is 0 Å². The van der Waals surface area contributed by atoms with Crippen LogP contribution in [0.3, 0.4) is 0 Å². The maximum Gasteiger partial charge on any atom is 0.387 e. The van der Waals surface area contributed by atoms with Crippen LogP contribution >= 0.6 is 0 Å². The summed E-state index contributed by atoms with van der Waals surface area (Å²) in [6.45, 7) is -1.33. The van der Waals surface area contributed by atoms with Gasteiger partial charge in [0, 0.05) is 39.5 Å². The van der Waals surface area contributed by atoms with E-state index in [1.54, 1.807) is 38.6 Å². The van der Waals surface area contributed by atoms with Crippen molar-refractivity contribution in [3.05, 3.63) is 53.7 Å². The summed E-state index contributed by atoms with van der Waals surface area (Å²) >= 11 is 0. The zero-order valence-electron chi connectivity index (χ0n) is 15.7. The van der Waals surface area contributed by atoms with Gasteiger partial charge in [0.15, 0.2) is 0 Å². The Morgan fingerprint density at radius 2 is 1.86 bits per heavy atom. The fourth-order valence-electron chi connectivity index (χ4n) is 2.27. The Bertz CT molecular complexity index is 727. The van der Waals surface area contributed by atoms with Gasteiger partial charge in [-0.2, -0.15) is 8.78 Å². The van der Waals surface area contributed by atoms with E-state index in [-0.39, 0.29) is 11.8 Å². The van der Waals surface area contributed by atoms with Gasteiger partial charge in [-0.25, -0.2) is 9.78 Å². The number of nitrogens with zero attached hydrogens (tertiary/aromatic N) is 2. The van der Waals surface area contributed by atoms with Gasteiger partial charge < -0.3 is 24.4 Å². The third-order valence-corrected chi connectivity index (χ3v) is 3.69. The van der Waals surface area contributed by atoms with E-state index in [1.165, 1.54) is 17.0 Å². The molecule has 2 rings (SSSR count). The van der Waals surface area contributed by atoms with Gasteiger partial charge in [0.25, 0.3) is 0 Å². The van der Waals surface area contributed by atoms with Gasteiger partial charge >= 0.3 is 12.6 Å². The van der Waals surface area contributed by atoms with Crippen LogP contribution in [0.5, 0.6) is 11.6 Å². The Hall–Kier alpha value is -2.94. The first-order valence-electron chi connectivity index (χ1n) is 8.57. The van der Waals surface area contributed by atoms with Gasteiger partial charge in [0.1, 0.15) is 12.4 Å². The summed E-state index contributed by atoms with van der Waals surface area (Å²) in [5.41, 5.74) is 1.62. The molecule has 2 amide bonds. The number of rotatable bonds is 10. The summed E-state index contributed by atoms with van der Waals surface area (Å²) in [5.74, 6) is 0.566. The highest BCUT2D eigenvalue weighted by molar-refractivity contribution is 5.73. The number of methoxy groups -OCH3 is 1. The molecule has 9 heteroatoms. The lowest BCUT2D eigenvalue weighted by Crippen LogP contribution is -2.36. The number of pyridine rings is 1. The molecule has 0 aliphatic rings. The average Bonchev–Trinajstić information content (AvgIpc) is 2.68. The van der Waals surface area contributed by atoms with Crippen LogP contribution in [0.4, 0.5) is 13.6 Å². The molecule has 0 fully saturated rings. The molecule has 152 valence electrons. The topological polar surface area (TPSA) is 72.9 Å². The van der Waals surface area contributed by atoms with E-state index >= 15 is 0 Å². The minimum atomic E-state index is -2.86. The molecule has 0 aliphatic carbocycles. The first-order chi connectivity index (χ1) is 13.5. The summed E-state index contributed by atoms with van der Waals surface area (Å²) in [7, 11) is 3.24. The Labute approximate surface area is 162 Å². The molecule has 1 aromatic heterocycles. The van der Waals surface area contributed by atoms with Crippen LogP contribution in [0.1, 0.15) is 11.1 Å². The number of ether oxygens (including phenoxy) is 3. The minimum absolute atomic E-state index is 0.0769. The molecule has 1 N–H and O–H groups in total. The summed E-state index contributed by atoms with van der Waals surface area (Å²) < 4.78 is 38.9. The predicted octanol–water partition coefficient (Wildman–Crippen LogP) is 3.05. The van der Waals surface area contributed by atoms with Crippen LogP contribution < -0.4 is 14.8 Å². The number of carbonyl (C=O) groups is 1. The molecule has 0 bridgehead atoms. The van der Waals surface area contributed by atoms with Crippen molar-refractivity contribution >= 4 is 6.03 Å². The van der Waals surface area contributed by atoms with Crippen molar-refractivity contribution < 1.29 is 27.8 Å². The monoisotopic (exact) mass is 395 g/mol. The van der Waals surface area contributed by atoms with Crippen LogP contribution in [0.15, 0.2) is 42.6 Å². The van der Waals surface area contributed by atoms with E-state index in [0.29, 0.717) is 32.2 Å². The second-order valence-electron chi connectivity index (χ2n) is 5.88. The van der Waals surface area contributed by atoms with Crippen molar-refractivity contribution in [1.29, 1.82) is 0 Å². The van der Waals surface area contributed by atoms with Crippen LogP contribution in [0.2, 0.25) is 0 Å². The molecule has 0 saturated heterocycles. The fourth-order valence-corrected chi connectivity index (χ4v) is 2.27. The van der Waals surface area contributed by atoms with E-state index in [1.807, 2.05) is 6.07 Å². The lowest BCUT2D eigenvalue weighted by Gasteiger charge is -2.18. The first kappa shape index (κ1) is 21.4. The third kappa shape index (κ3) is 7.36. The number of urea groups is 1. The smallest absolute Gasteiger partial charge is 0.387 e. The molecule has 1 aromatic carbocycles. The van der Waals surface area contributed by atoms with Crippen molar-refractivity contribution in [2.75, 3.05) is 27.4 Å². The number of amides is 2. The van der Waals surface area contributed by atoms with Crippen molar-refractivity contribution in [3.8, 4) is 11.6 Å². The van der Waals surface area contributed by atoms with E-state index < -0.39 is 6.61 Å². The summed E-state index contributed by atoms with van der Waals surface area (Å²) in [5, 5.41) is 2.79. The Morgan fingerprint density at radius 3 is 2.46 bits per heavy atom. The molecule has 0 radical (unpaired) electrons. The lowest BCUT2D eigenvalue weighted by atomic mass is 10.2. The molecule has 28 heavy (non-hydrogen) atoms. The van der Waals surface area contributed by atoms with Crippen molar-refractivity contribution in [2.24, 2.45) is 0 Å². The molecule has 0 saturated carbocycles. The molecule has 0 spiro atoms. The number of halogens is 2. The van der Waals surface area contributed by atoms with Gasteiger partial charge in [0.05, 0.1) is 6.61 Å². The van der Waals surface area contributed by atoms with Gasteiger partial charge in [-0.3, -0.25) is 0 Å². The van der Waals surface area contributed by atoms with Crippen LogP contribution in [0.25, 0.3) is 0 Å². The quantitative estimate of drug-likeness (QED) is 0.626. The molecular weight excluding hydrogens is 372 g/mol. The Balaban J connectivity index is 1.77. The molecular formula is C19H23F2N3O4. The number of hydrogen-bond acceptors (Lipinski definition) is 5. The van der Waals surface area contributed by atoms with E-state index in [0.717, 1.165) is 11.1 Å². The largest absolute Gasteiger partial charge is 0.475 e. The summed E-state index contributed by atoms with van der Waals surface area (Å²) in [4.78, 5) is 17.9. The number of aromatic nitrogens is 1. The highest BCUT2D eigenvalue weighted by Crippen LogP contribution is 2.16. The molecule has 0 unspecified atom stereocenters. The highest BCUT2D eigenvalue weighted by atomic mass is 19.3. The highest BCUT2D eigenvalue weighted by Gasteiger charge is 2.10. The van der Waals surface area contributed by atoms with Crippen LogP contribution in [0, 0.1) is 0 Å². The van der Waals surface area contributed by atoms with Gasteiger partial charge in [-0.05, 0) is 23.3 Å². The number of hydrogen-bond donors (Lipinski definition) is 1. The van der Waals surface area contributed by atoms with Crippen LogP contribution in [-0.2, 0) is 17.8 Å². The first-order valence-corrected chi connectivity index (χ1v) is 8.57. The third-order valence-electron chi connectivity index (χ3n) is 3.69. The Kier molecular flexibility index (Phi) is 8.41. The van der Waals surface area contributed by atoms with Crippen LogP contribution in [-0.4, -0.2) is 49.9 Å². The number of carbonyl (C=O) groups excluding carboxylic acids is 1. The molecule has 2 aromatic rings. The Morgan fingerprint density at radius 1 is 1.14 bits per heavy atom. The molecule has 7 nitrogen and oxygen atoms in total. The number of nitrogens with one attached hydrogen (secondary N) is 1. The number of benzene rings is 1. The number of alkyl halides is 2. The molecule has 1 heterocycles. The SMILES string of the molecule is COCCOc1ccc(CNC(=O)N(C)Cc2ccc(OC(F)F)cc2)cn1. The molecule has 0 aliphatic heterocycles. The van der Waals surface area contributed by atoms with Crippen molar-refractivity contribution in [1.82, 2.24) is 15.2 Å². The average molecular weight is 395 g/mol. The second kappa shape index (κ2) is 11.0. The van der Waals surface area contributed by atoms with E-state index in [4.69, 9.17) is 9.47 Å². The van der Waals surface area contributed by atoms with E-state index in [2.05, 4.69) is 15.0 Å². The minimum Gasteiger partial charge on any atom is -0.475 e. The summed E-state index contributed by atoms with van der Waals surface area (Å²) in [6, 6.07) is 9.42. The maximum atomic E-state index is 12.2. The zero-order valence-corrected chi connectivity index (χ0v) is 15.7. The van der Waals surface area contributed by atoms with E-state index in [9.17, 15) is 13.6 Å². The lowest BCUT2D eigenvalue weighted by molar-refractivity contribution is -0.0498. The van der Waals surface area contributed by atoms with Crippen molar-refractivity contribution in [2.45, 2.75) is 19.7 Å². The van der Waals surface area contributed by atoms with Gasteiger partial charge in [0.2, 0.25) is 5.88 Å². The molecule has 0 atom stereocenters. The standard InChI is InChI=1S/C19H23F2N3O4/c1-24(13-14-3-6-16(7-4-14)28-18(20)21)19(25)23-12-15-5-8-17(22-11-15)27-10-9-26-2/h3-8,11,18H,9-10,12-13H2,1-2H3,(H,23,25). The second-order valence-corrected chi connectivity index (χ2v) is 5.88. The predicted molar refractivity (Wildman–Crippen MR) is 98.4 cm³/mol. The maximum absolute atomic E-state index is 12.2. The zero-order chi connectivity index (χ0) is 20.4. The summed E-state index contributed by atoms with van der Waals surface area (Å²) in [6.07, 6.45) is 1.63. The normalized spacial score (nSPS) is 10.6.